The van der Waals surface area contributed by atoms with E-state index in [-0.39, 0.29) is 18.2 Å². The summed E-state index contributed by atoms with van der Waals surface area (Å²) in [6.07, 6.45) is 9.77. The van der Waals surface area contributed by atoms with Crippen molar-refractivity contribution in [2.75, 3.05) is 13.7 Å². The smallest absolute Gasteiger partial charge is 0.259 e. The predicted octanol–water partition coefficient (Wildman–Crippen LogP) is 3.11. The zero-order chi connectivity index (χ0) is 19.9. The molecule has 0 aliphatic carbocycles. The third-order valence-corrected chi connectivity index (χ3v) is 4.08. The van der Waals surface area contributed by atoms with Crippen molar-refractivity contribution >= 4 is 18.0 Å². The molecule has 0 bridgehead atoms. The highest BCUT2D eigenvalue weighted by Gasteiger charge is 2.05. The van der Waals surface area contributed by atoms with Crippen LogP contribution in [0.5, 0.6) is 11.5 Å². The van der Waals surface area contributed by atoms with Crippen LogP contribution in [0.4, 0.5) is 0 Å². The van der Waals surface area contributed by atoms with Crippen LogP contribution in [0.2, 0.25) is 0 Å². The highest BCUT2D eigenvalue weighted by molar-refractivity contribution is 5.87. The van der Waals surface area contributed by atoms with Crippen LogP contribution < -0.4 is 15.5 Å². The number of hydrogen-bond donors (Lipinski definition) is 3. The number of hydrogen-bond acceptors (Lipinski definition) is 5. The van der Waals surface area contributed by atoms with Gasteiger partial charge in [0.1, 0.15) is 11.5 Å². The predicted molar refractivity (Wildman–Crippen MR) is 106 cm³/mol. The minimum Gasteiger partial charge on any atom is -0.507 e. The number of aromatic hydroxyl groups is 1. The summed E-state index contributed by atoms with van der Waals surface area (Å²) in [5, 5.41) is 16.1. The first-order valence-electron chi connectivity index (χ1n) is 9.52. The van der Waals surface area contributed by atoms with Crippen LogP contribution in [-0.2, 0) is 9.59 Å². The normalized spacial score (nSPS) is 10.7. The van der Waals surface area contributed by atoms with E-state index in [2.05, 4.69) is 22.8 Å². The molecule has 0 heterocycles. The van der Waals surface area contributed by atoms with E-state index in [4.69, 9.17) is 4.74 Å². The van der Waals surface area contributed by atoms with Crippen molar-refractivity contribution in [1.29, 1.82) is 0 Å². The largest absolute Gasteiger partial charge is 0.507 e. The second-order valence-electron chi connectivity index (χ2n) is 6.37. The molecule has 0 aliphatic rings. The van der Waals surface area contributed by atoms with E-state index in [1.54, 1.807) is 12.1 Å². The maximum absolute atomic E-state index is 11.7. The lowest BCUT2D eigenvalue weighted by molar-refractivity contribution is -0.126. The highest BCUT2D eigenvalue weighted by atomic mass is 16.5. The topological polar surface area (TPSA) is 100 Å². The molecule has 27 heavy (non-hydrogen) atoms. The van der Waals surface area contributed by atoms with E-state index in [1.807, 2.05) is 0 Å². The number of ether oxygens (including phenoxy) is 1. The van der Waals surface area contributed by atoms with Gasteiger partial charge in [0.05, 0.1) is 19.9 Å². The number of unbranched alkanes of at least 4 members (excludes halogenated alkanes) is 6. The van der Waals surface area contributed by atoms with Crippen molar-refractivity contribution in [3.05, 3.63) is 23.8 Å². The second-order valence-corrected chi connectivity index (χ2v) is 6.37. The number of carbonyl (C=O) groups excluding carboxylic acids is 2. The number of nitrogens with one attached hydrogen (secondary N) is 2. The molecule has 0 saturated heterocycles. The van der Waals surface area contributed by atoms with E-state index in [1.165, 1.54) is 45.1 Å². The van der Waals surface area contributed by atoms with E-state index < -0.39 is 5.91 Å². The SMILES string of the molecule is CCCCCCCCCC(=O)NCC(=O)N/N=C/c1cc(OC)ccc1O. The van der Waals surface area contributed by atoms with Crippen molar-refractivity contribution in [2.24, 2.45) is 5.10 Å². The molecule has 0 saturated carbocycles. The van der Waals surface area contributed by atoms with Crippen LogP contribution in [0.3, 0.4) is 0 Å². The Hall–Kier alpha value is -2.57. The van der Waals surface area contributed by atoms with E-state index in [0.717, 1.165) is 19.3 Å². The van der Waals surface area contributed by atoms with Crippen molar-refractivity contribution in [3.63, 3.8) is 0 Å². The molecule has 0 radical (unpaired) electrons. The molecule has 0 aliphatic heterocycles. The number of phenolic OH excluding ortho intramolecular Hbond substituents is 1. The molecule has 0 aromatic heterocycles. The van der Waals surface area contributed by atoms with Crippen LogP contribution in [0.1, 0.15) is 63.9 Å². The number of hydrazone groups is 1. The Kier molecular flexibility index (Phi) is 11.3. The van der Waals surface area contributed by atoms with E-state index in [9.17, 15) is 14.7 Å². The van der Waals surface area contributed by atoms with E-state index >= 15 is 0 Å². The molecule has 150 valence electrons. The number of rotatable bonds is 13. The van der Waals surface area contributed by atoms with Gasteiger partial charge in [-0.15, -0.1) is 0 Å². The third kappa shape index (κ3) is 10.2. The summed E-state index contributed by atoms with van der Waals surface area (Å²) in [4.78, 5) is 23.4. The number of amides is 2. The van der Waals surface area contributed by atoms with Gasteiger partial charge in [-0.3, -0.25) is 9.59 Å². The first-order chi connectivity index (χ1) is 13.1. The summed E-state index contributed by atoms with van der Waals surface area (Å²) < 4.78 is 5.06. The Morgan fingerprint density at radius 2 is 1.81 bits per heavy atom. The van der Waals surface area contributed by atoms with Gasteiger partial charge in [0.2, 0.25) is 5.91 Å². The van der Waals surface area contributed by atoms with Gasteiger partial charge in [-0.2, -0.15) is 5.10 Å². The lowest BCUT2D eigenvalue weighted by atomic mass is 10.1. The standard InChI is InChI=1S/C20H31N3O4/c1-3-4-5-6-7-8-9-10-19(25)21-15-20(26)23-22-14-16-13-17(27-2)11-12-18(16)24/h11-14,24H,3-10,15H2,1-2H3,(H,21,25)(H,23,26)/b22-14+. The number of methoxy groups -OCH3 is 1. The summed E-state index contributed by atoms with van der Waals surface area (Å²) in [5.41, 5.74) is 2.73. The van der Waals surface area contributed by atoms with Gasteiger partial charge >= 0.3 is 0 Å². The maximum Gasteiger partial charge on any atom is 0.259 e. The van der Waals surface area contributed by atoms with Gasteiger partial charge in [-0.1, -0.05) is 45.4 Å². The summed E-state index contributed by atoms with van der Waals surface area (Å²) >= 11 is 0. The molecular formula is C20H31N3O4. The fourth-order valence-electron chi connectivity index (χ4n) is 2.49. The molecule has 7 heteroatoms. The van der Waals surface area contributed by atoms with Crippen molar-refractivity contribution in [3.8, 4) is 11.5 Å². The van der Waals surface area contributed by atoms with Gasteiger partial charge in [-0.05, 0) is 24.6 Å². The quantitative estimate of drug-likeness (QED) is 0.279. The molecule has 0 unspecified atom stereocenters. The minimum atomic E-state index is -0.429. The molecule has 1 aromatic rings. The number of nitrogens with zero attached hydrogens (tertiary/aromatic N) is 1. The highest BCUT2D eigenvalue weighted by Crippen LogP contribution is 2.20. The van der Waals surface area contributed by atoms with Gasteiger partial charge in [0.25, 0.3) is 5.91 Å². The maximum atomic E-state index is 11.7. The first kappa shape index (κ1) is 22.5. The third-order valence-electron chi connectivity index (χ3n) is 4.08. The Morgan fingerprint density at radius 3 is 2.52 bits per heavy atom. The Balaban J connectivity index is 2.18. The van der Waals surface area contributed by atoms with Crippen LogP contribution in [0, 0.1) is 0 Å². The molecule has 1 aromatic carbocycles. The van der Waals surface area contributed by atoms with Crippen LogP contribution in [0.25, 0.3) is 0 Å². The average molecular weight is 377 g/mol. The Bertz CT molecular complexity index is 617. The second kappa shape index (κ2) is 13.6. The first-order valence-corrected chi connectivity index (χ1v) is 9.52. The average Bonchev–Trinajstić information content (AvgIpc) is 2.67. The Morgan fingerprint density at radius 1 is 1.11 bits per heavy atom. The van der Waals surface area contributed by atoms with Crippen LogP contribution in [0.15, 0.2) is 23.3 Å². The lowest BCUT2D eigenvalue weighted by Crippen LogP contribution is -2.34. The number of carbonyl (C=O) groups is 2. The number of phenols is 1. The van der Waals surface area contributed by atoms with Gasteiger partial charge in [-0.25, -0.2) is 5.43 Å². The molecule has 7 nitrogen and oxygen atoms in total. The fraction of sp³-hybridized carbons (Fsp3) is 0.550. The molecule has 3 N–H and O–H groups in total. The zero-order valence-electron chi connectivity index (χ0n) is 16.3. The van der Waals surface area contributed by atoms with Crippen LogP contribution >= 0.6 is 0 Å². The van der Waals surface area contributed by atoms with Crippen molar-refractivity contribution in [1.82, 2.24) is 10.7 Å². The molecule has 0 fully saturated rings. The lowest BCUT2D eigenvalue weighted by Gasteiger charge is -2.05. The van der Waals surface area contributed by atoms with Gasteiger partial charge in [0, 0.05) is 12.0 Å². The van der Waals surface area contributed by atoms with Gasteiger partial charge < -0.3 is 15.2 Å². The van der Waals surface area contributed by atoms with Gasteiger partial charge in [0.15, 0.2) is 0 Å². The molecule has 0 spiro atoms. The summed E-state index contributed by atoms with van der Waals surface area (Å²) in [5.74, 6) is 0.0321. The minimum absolute atomic E-state index is 0.0248. The van der Waals surface area contributed by atoms with Crippen molar-refractivity contribution in [2.45, 2.75) is 58.3 Å². The summed E-state index contributed by atoms with van der Waals surface area (Å²) in [6, 6.07) is 4.69. The van der Waals surface area contributed by atoms with Crippen molar-refractivity contribution < 1.29 is 19.4 Å². The molecular weight excluding hydrogens is 346 g/mol. The monoisotopic (exact) mass is 377 g/mol. The molecule has 2 amide bonds. The van der Waals surface area contributed by atoms with E-state index in [0.29, 0.717) is 17.7 Å². The molecule has 1 rings (SSSR count). The summed E-state index contributed by atoms with van der Waals surface area (Å²) in [6.45, 7) is 2.06. The summed E-state index contributed by atoms with van der Waals surface area (Å²) in [7, 11) is 1.52. The number of benzene rings is 1. The Labute approximate surface area is 161 Å². The van der Waals surface area contributed by atoms with Crippen LogP contribution in [-0.4, -0.2) is 36.8 Å². The fourth-order valence-corrected chi connectivity index (χ4v) is 2.49. The molecule has 0 atom stereocenters. The zero-order valence-corrected chi connectivity index (χ0v) is 16.3.